The van der Waals surface area contributed by atoms with Crippen molar-refractivity contribution >= 4 is 35.5 Å². The maximum absolute atomic E-state index is 12.9. The van der Waals surface area contributed by atoms with Crippen molar-refractivity contribution in [3.8, 4) is 5.75 Å². The summed E-state index contributed by atoms with van der Waals surface area (Å²) in [4.78, 5) is 49.1. The maximum Gasteiger partial charge on any atom is 0.326 e. The zero-order valence-corrected chi connectivity index (χ0v) is 19.7. The van der Waals surface area contributed by atoms with E-state index in [1.807, 2.05) is 0 Å². The average molecular weight is 501 g/mol. The minimum absolute atomic E-state index is 0.00334. The molecule has 5 atom stereocenters. The topological polar surface area (TPSA) is 211 Å². The van der Waals surface area contributed by atoms with Crippen LogP contribution in [0.1, 0.15) is 18.9 Å². The Morgan fingerprint density at radius 1 is 0.971 bits per heavy atom. The minimum atomic E-state index is -1.48. The summed E-state index contributed by atoms with van der Waals surface area (Å²) in [7, 11) is 0. The Labute approximate surface area is 201 Å². The van der Waals surface area contributed by atoms with Gasteiger partial charge in [0.25, 0.3) is 0 Å². The van der Waals surface area contributed by atoms with Crippen molar-refractivity contribution in [3.63, 3.8) is 0 Å². The van der Waals surface area contributed by atoms with E-state index < -0.39 is 60.6 Å². The van der Waals surface area contributed by atoms with Gasteiger partial charge in [-0.15, -0.1) is 0 Å². The number of benzene rings is 1. The molecular formula is C21H32N4O8S. The number of phenolic OH excluding ortho intramolecular Hbond substituents is 1. The van der Waals surface area contributed by atoms with Crippen molar-refractivity contribution in [1.29, 1.82) is 0 Å². The van der Waals surface area contributed by atoms with E-state index in [2.05, 4.69) is 16.0 Å². The number of hydrogen-bond donors (Lipinski definition) is 8. The second-order valence-corrected chi connectivity index (χ2v) is 8.61. The lowest BCUT2D eigenvalue weighted by atomic mass is 10.0. The molecule has 1 aromatic carbocycles. The SMILES string of the molecule is CSCCC(NC(=O)C(CO)NC(=O)C(Cc1ccc(O)cc1)NC(=O)C(N)C(C)O)C(=O)O. The average Bonchev–Trinajstić information content (AvgIpc) is 2.79. The number of amides is 3. The highest BCUT2D eigenvalue weighted by Gasteiger charge is 2.30. The van der Waals surface area contributed by atoms with Crippen molar-refractivity contribution < 1.29 is 39.6 Å². The van der Waals surface area contributed by atoms with E-state index in [0.717, 1.165) is 0 Å². The summed E-state index contributed by atoms with van der Waals surface area (Å²) in [6.07, 6.45) is 0.673. The van der Waals surface area contributed by atoms with Gasteiger partial charge in [0.1, 0.15) is 29.9 Å². The number of carboxylic acids is 1. The number of nitrogens with two attached hydrogens (primary N) is 1. The van der Waals surface area contributed by atoms with E-state index in [4.69, 9.17) is 5.73 Å². The highest BCUT2D eigenvalue weighted by Crippen LogP contribution is 2.12. The normalized spacial score (nSPS) is 15.3. The Morgan fingerprint density at radius 3 is 2.00 bits per heavy atom. The van der Waals surface area contributed by atoms with Crippen LogP contribution >= 0.6 is 11.8 Å². The highest BCUT2D eigenvalue weighted by atomic mass is 32.2. The van der Waals surface area contributed by atoms with Crippen molar-refractivity contribution in [1.82, 2.24) is 16.0 Å². The van der Waals surface area contributed by atoms with Gasteiger partial charge in [-0.3, -0.25) is 14.4 Å². The molecule has 3 amide bonds. The van der Waals surface area contributed by atoms with Crippen molar-refractivity contribution in [2.75, 3.05) is 18.6 Å². The summed E-state index contributed by atoms with van der Waals surface area (Å²) >= 11 is 1.40. The van der Waals surface area contributed by atoms with Gasteiger partial charge in [-0.25, -0.2) is 4.79 Å². The zero-order valence-electron chi connectivity index (χ0n) is 18.9. The van der Waals surface area contributed by atoms with E-state index in [-0.39, 0.29) is 18.6 Å². The van der Waals surface area contributed by atoms with Crippen LogP contribution in [-0.4, -0.2) is 93.0 Å². The molecule has 0 spiro atoms. The molecule has 0 aliphatic rings. The maximum atomic E-state index is 12.9. The largest absolute Gasteiger partial charge is 0.508 e. The minimum Gasteiger partial charge on any atom is -0.508 e. The predicted octanol–water partition coefficient (Wildman–Crippen LogP) is -2.07. The summed E-state index contributed by atoms with van der Waals surface area (Å²) < 4.78 is 0. The molecular weight excluding hydrogens is 468 g/mol. The molecule has 34 heavy (non-hydrogen) atoms. The first-order valence-electron chi connectivity index (χ1n) is 10.4. The molecule has 0 bridgehead atoms. The van der Waals surface area contributed by atoms with Crippen molar-refractivity contribution in [3.05, 3.63) is 29.8 Å². The first kappa shape index (κ1) is 29.2. The summed E-state index contributed by atoms with van der Waals surface area (Å²) in [5.74, 6) is -3.35. The standard InChI is InChI=1S/C21H32N4O8S/c1-11(27)17(22)20(31)24-15(9-12-3-5-13(28)6-4-12)18(29)25-16(10-26)19(30)23-14(21(32)33)7-8-34-2/h3-6,11,14-17,26-28H,7-10,22H2,1-2H3,(H,23,30)(H,24,31)(H,25,29)(H,32,33). The lowest BCUT2D eigenvalue weighted by Gasteiger charge is -2.25. The second kappa shape index (κ2) is 14.4. The molecule has 0 aliphatic heterocycles. The Kier molecular flexibility index (Phi) is 12.4. The quantitative estimate of drug-likeness (QED) is 0.140. The van der Waals surface area contributed by atoms with Gasteiger partial charge < -0.3 is 42.1 Å². The number of carbonyl (C=O) groups is 4. The number of aliphatic hydroxyl groups excluding tert-OH is 2. The molecule has 0 aromatic heterocycles. The summed E-state index contributed by atoms with van der Waals surface area (Å²) in [5.41, 5.74) is 6.18. The lowest BCUT2D eigenvalue weighted by Crippen LogP contribution is -2.59. The Morgan fingerprint density at radius 2 is 1.50 bits per heavy atom. The number of hydrogen-bond acceptors (Lipinski definition) is 9. The van der Waals surface area contributed by atoms with Gasteiger partial charge in [0.2, 0.25) is 17.7 Å². The summed E-state index contributed by atoms with van der Waals surface area (Å²) in [5, 5.41) is 44.9. The zero-order chi connectivity index (χ0) is 25.8. The van der Waals surface area contributed by atoms with Crippen molar-refractivity contribution in [2.45, 2.75) is 50.0 Å². The van der Waals surface area contributed by atoms with Crippen LogP contribution in [0.2, 0.25) is 0 Å². The number of carbonyl (C=O) groups excluding carboxylic acids is 3. The van der Waals surface area contributed by atoms with Crippen molar-refractivity contribution in [2.24, 2.45) is 5.73 Å². The number of phenols is 1. The molecule has 0 radical (unpaired) electrons. The third kappa shape index (κ3) is 9.55. The van der Waals surface area contributed by atoms with E-state index in [1.165, 1.54) is 43.0 Å². The molecule has 0 aliphatic carbocycles. The molecule has 9 N–H and O–H groups in total. The number of thioether (sulfide) groups is 1. The molecule has 12 nitrogen and oxygen atoms in total. The molecule has 1 aromatic rings. The molecule has 1 rings (SSSR count). The van der Waals surface area contributed by atoms with E-state index in [1.54, 1.807) is 6.26 Å². The summed E-state index contributed by atoms with van der Waals surface area (Å²) in [6, 6.07) is 0.563. The Balaban J connectivity index is 2.99. The Bertz CT molecular complexity index is 837. The smallest absolute Gasteiger partial charge is 0.326 e. The number of rotatable bonds is 14. The van der Waals surface area contributed by atoms with Gasteiger partial charge in [-0.05, 0) is 43.0 Å². The second-order valence-electron chi connectivity index (χ2n) is 7.62. The number of aliphatic hydroxyl groups is 2. The molecule has 0 heterocycles. The fourth-order valence-corrected chi connectivity index (χ4v) is 3.27. The number of aromatic hydroxyl groups is 1. The van der Waals surface area contributed by atoms with Gasteiger partial charge in [-0.2, -0.15) is 11.8 Å². The van der Waals surface area contributed by atoms with E-state index in [0.29, 0.717) is 11.3 Å². The fraction of sp³-hybridized carbons (Fsp3) is 0.524. The number of nitrogens with one attached hydrogen (secondary N) is 3. The van der Waals surface area contributed by atoms with Crippen LogP contribution in [0, 0.1) is 0 Å². The van der Waals surface area contributed by atoms with E-state index >= 15 is 0 Å². The first-order chi connectivity index (χ1) is 16.0. The monoisotopic (exact) mass is 500 g/mol. The van der Waals surface area contributed by atoms with Gasteiger partial charge in [0.05, 0.1) is 12.7 Å². The lowest BCUT2D eigenvalue weighted by molar-refractivity contribution is -0.142. The van der Waals surface area contributed by atoms with Gasteiger partial charge in [0, 0.05) is 6.42 Å². The third-order valence-electron chi connectivity index (χ3n) is 4.87. The van der Waals surface area contributed by atoms with Crippen LogP contribution in [0.3, 0.4) is 0 Å². The summed E-state index contributed by atoms with van der Waals surface area (Å²) in [6.45, 7) is 0.487. The molecule has 190 valence electrons. The predicted molar refractivity (Wildman–Crippen MR) is 125 cm³/mol. The fourth-order valence-electron chi connectivity index (χ4n) is 2.80. The van der Waals surface area contributed by atoms with Crippen LogP contribution in [0.5, 0.6) is 5.75 Å². The van der Waals surface area contributed by atoms with Crippen LogP contribution in [0.25, 0.3) is 0 Å². The van der Waals surface area contributed by atoms with Gasteiger partial charge in [-0.1, -0.05) is 12.1 Å². The third-order valence-corrected chi connectivity index (χ3v) is 5.52. The van der Waals surface area contributed by atoms with Crippen LogP contribution in [-0.2, 0) is 25.6 Å². The Hall–Kier alpha value is -2.87. The van der Waals surface area contributed by atoms with Crippen LogP contribution < -0.4 is 21.7 Å². The molecule has 5 unspecified atom stereocenters. The number of carboxylic acid groups (broad SMARTS) is 1. The first-order valence-corrected chi connectivity index (χ1v) is 11.8. The van der Waals surface area contributed by atoms with Gasteiger partial charge in [0.15, 0.2) is 0 Å². The molecule has 13 heteroatoms. The van der Waals surface area contributed by atoms with E-state index in [9.17, 15) is 39.6 Å². The number of aliphatic carboxylic acids is 1. The molecule has 0 fully saturated rings. The van der Waals surface area contributed by atoms with Crippen LogP contribution in [0.4, 0.5) is 0 Å². The molecule has 0 saturated carbocycles. The molecule has 0 saturated heterocycles. The highest BCUT2D eigenvalue weighted by molar-refractivity contribution is 7.98. The van der Waals surface area contributed by atoms with Crippen LogP contribution in [0.15, 0.2) is 24.3 Å². The van der Waals surface area contributed by atoms with Gasteiger partial charge >= 0.3 is 5.97 Å².